The highest BCUT2D eigenvalue weighted by Gasteiger charge is 2.25. The van der Waals surface area contributed by atoms with Crippen molar-refractivity contribution in [2.45, 2.75) is 22.4 Å². The normalized spacial score (nSPS) is 12.0. The van der Waals surface area contributed by atoms with Gasteiger partial charge in [-0.1, -0.05) is 35.3 Å². The Labute approximate surface area is 170 Å². The zero-order valence-electron chi connectivity index (χ0n) is 13.0. The number of nitrogens with zero attached hydrogens (tertiary/aromatic N) is 2. The van der Waals surface area contributed by atoms with E-state index in [4.69, 9.17) is 23.2 Å². The number of carbonyl (C=O) groups excluding carboxylic acids is 1. The van der Waals surface area contributed by atoms with Gasteiger partial charge >= 0.3 is 0 Å². The molecule has 27 heavy (non-hydrogen) atoms. The van der Waals surface area contributed by atoms with Crippen molar-refractivity contribution in [1.82, 2.24) is 14.3 Å². The number of hydrogen-bond acceptors (Lipinski definition) is 6. The summed E-state index contributed by atoms with van der Waals surface area (Å²) in [7, 11) is -4.26. The summed E-state index contributed by atoms with van der Waals surface area (Å²) < 4.78 is 53.3. The molecule has 0 radical (unpaired) electrons. The summed E-state index contributed by atoms with van der Waals surface area (Å²) in [5.41, 5.74) is 0.828. The van der Waals surface area contributed by atoms with Gasteiger partial charge in [0.1, 0.15) is 15.8 Å². The zero-order valence-corrected chi connectivity index (χ0v) is 17.0. The topological polar surface area (TPSA) is 81.1 Å². The molecule has 13 heteroatoms. The van der Waals surface area contributed by atoms with Gasteiger partial charge < -0.3 is 4.57 Å². The summed E-state index contributed by atoms with van der Waals surface area (Å²) in [5, 5.41) is -0.102. The van der Waals surface area contributed by atoms with Crippen LogP contribution in [0.15, 0.2) is 40.4 Å². The Morgan fingerprint density at radius 3 is 2.67 bits per heavy atom. The number of aromatic nitrogens is 2. The van der Waals surface area contributed by atoms with E-state index < -0.39 is 28.2 Å². The van der Waals surface area contributed by atoms with Gasteiger partial charge in [0, 0.05) is 0 Å². The maximum Gasteiger partial charge on any atom is 0.291 e. The summed E-state index contributed by atoms with van der Waals surface area (Å²) in [6.45, 7) is -0.524. The average molecular weight is 472 g/mol. The zero-order chi connectivity index (χ0) is 19.8. The molecule has 1 amide bonds. The fraction of sp³-hybridized carbons (Fsp3) is 0.143. The van der Waals surface area contributed by atoms with E-state index >= 15 is 0 Å². The van der Waals surface area contributed by atoms with Crippen LogP contribution in [0.4, 0.5) is 8.78 Å². The average Bonchev–Trinajstić information content (AvgIpc) is 3.07. The van der Waals surface area contributed by atoms with Crippen LogP contribution in [0, 0.1) is 0 Å². The number of thiophene rings is 1. The Morgan fingerprint density at radius 2 is 2.04 bits per heavy atom. The van der Waals surface area contributed by atoms with Crippen LogP contribution in [-0.2, 0) is 21.4 Å². The summed E-state index contributed by atoms with van der Waals surface area (Å²) in [5.74, 6) is -3.69. The van der Waals surface area contributed by atoms with Gasteiger partial charge in [0.25, 0.3) is 21.7 Å². The SMILES string of the molecule is O=C(Cn1c(SC(F)F)nc2ccccc21)NS(=O)(=O)c1cc(Cl)sc1Cl. The van der Waals surface area contributed by atoms with Crippen molar-refractivity contribution in [3.8, 4) is 0 Å². The Bertz CT molecular complexity index is 1120. The van der Waals surface area contributed by atoms with E-state index in [2.05, 4.69) is 4.98 Å². The molecule has 1 aromatic carbocycles. The highest BCUT2D eigenvalue weighted by Crippen LogP contribution is 2.34. The first-order valence-electron chi connectivity index (χ1n) is 7.08. The molecule has 144 valence electrons. The van der Waals surface area contributed by atoms with Crippen LogP contribution in [0.25, 0.3) is 11.0 Å². The van der Waals surface area contributed by atoms with Crippen LogP contribution >= 0.6 is 46.3 Å². The van der Waals surface area contributed by atoms with Crippen LogP contribution in [0.3, 0.4) is 0 Å². The van der Waals surface area contributed by atoms with Crippen molar-refractivity contribution >= 4 is 73.3 Å². The third-order valence-electron chi connectivity index (χ3n) is 3.28. The number of hydrogen-bond donors (Lipinski definition) is 1. The molecular weight excluding hydrogens is 463 g/mol. The van der Waals surface area contributed by atoms with E-state index in [9.17, 15) is 22.0 Å². The van der Waals surface area contributed by atoms with E-state index in [1.54, 1.807) is 24.3 Å². The summed E-state index contributed by atoms with van der Waals surface area (Å²) in [6, 6.07) is 7.63. The fourth-order valence-electron chi connectivity index (χ4n) is 2.26. The number of halogens is 4. The lowest BCUT2D eigenvalue weighted by Crippen LogP contribution is -2.33. The van der Waals surface area contributed by atoms with Crippen molar-refractivity contribution in [2.75, 3.05) is 0 Å². The van der Waals surface area contributed by atoms with Gasteiger partial charge in [-0.2, -0.15) is 8.78 Å². The second kappa shape index (κ2) is 7.92. The Balaban J connectivity index is 1.88. The molecule has 0 saturated carbocycles. The second-order valence-corrected chi connectivity index (χ2v) is 9.96. The molecule has 0 fully saturated rings. The predicted molar refractivity (Wildman–Crippen MR) is 101 cm³/mol. The van der Waals surface area contributed by atoms with Gasteiger partial charge in [0.2, 0.25) is 0 Å². The van der Waals surface area contributed by atoms with Crippen molar-refractivity contribution in [3.05, 3.63) is 39.0 Å². The minimum atomic E-state index is -4.26. The number of rotatable bonds is 6. The fourth-order valence-corrected chi connectivity index (χ4v) is 5.99. The number of para-hydroxylation sites is 2. The number of amides is 1. The molecular formula is C14H9Cl2F2N3O3S3. The maximum absolute atomic E-state index is 12.8. The molecule has 0 aliphatic rings. The smallest absolute Gasteiger partial charge is 0.291 e. The van der Waals surface area contributed by atoms with Crippen LogP contribution in [0.1, 0.15) is 0 Å². The Kier molecular flexibility index (Phi) is 5.96. The predicted octanol–water partition coefficient (Wildman–Crippen LogP) is 4.22. The molecule has 0 aliphatic carbocycles. The van der Waals surface area contributed by atoms with E-state index in [0.717, 1.165) is 17.4 Å². The first-order valence-corrected chi connectivity index (χ1v) is 11.0. The highest BCUT2D eigenvalue weighted by atomic mass is 35.5. The third kappa shape index (κ3) is 4.54. The molecule has 6 nitrogen and oxygen atoms in total. The van der Waals surface area contributed by atoms with Gasteiger partial charge in [0.15, 0.2) is 5.16 Å². The molecule has 1 N–H and O–H groups in total. The lowest BCUT2D eigenvalue weighted by Gasteiger charge is -2.10. The minimum absolute atomic E-state index is 0.0951. The van der Waals surface area contributed by atoms with E-state index in [1.807, 2.05) is 4.72 Å². The van der Waals surface area contributed by atoms with Crippen molar-refractivity contribution < 1.29 is 22.0 Å². The van der Waals surface area contributed by atoms with E-state index in [-0.39, 0.29) is 30.5 Å². The van der Waals surface area contributed by atoms with Gasteiger partial charge in [0.05, 0.1) is 15.4 Å². The van der Waals surface area contributed by atoms with E-state index in [0.29, 0.717) is 11.0 Å². The van der Waals surface area contributed by atoms with Crippen molar-refractivity contribution in [1.29, 1.82) is 0 Å². The van der Waals surface area contributed by atoms with Crippen LogP contribution in [0.5, 0.6) is 0 Å². The van der Waals surface area contributed by atoms with Crippen LogP contribution < -0.4 is 4.72 Å². The van der Waals surface area contributed by atoms with Crippen molar-refractivity contribution in [2.24, 2.45) is 0 Å². The summed E-state index contributed by atoms with van der Waals surface area (Å²) >= 11 is 12.6. The molecule has 0 unspecified atom stereocenters. The maximum atomic E-state index is 12.8. The standard InChI is InChI=1S/C14H9Cl2F2N3O3S3/c15-10-5-9(12(16)25-10)27(23,24)20-11(22)6-21-8-4-2-1-3-7(8)19-14(21)26-13(17)18/h1-5,13H,6H2,(H,20,22). The number of nitrogens with one attached hydrogen (secondary N) is 1. The number of fused-ring (bicyclic) bond motifs is 1. The number of alkyl halides is 2. The molecule has 2 aromatic heterocycles. The number of benzene rings is 1. The number of thioether (sulfide) groups is 1. The first-order chi connectivity index (χ1) is 12.7. The molecule has 0 saturated heterocycles. The lowest BCUT2D eigenvalue weighted by molar-refractivity contribution is -0.119. The van der Waals surface area contributed by atoms with Gasteiger partial charge in [-0.25, -0.2) is 18.1 Å². The van der Waals surface area contributed by atoms with Crippen LogP contribution in [-0.4, -0.2) is 29.6 Å². The second-order valence-electron chi connectivity index (χ2n) is 5.06. The highest BCUT2D eigenvalue weighted by molar-refractivity contribution is 7.99. The summed E-state index contributed by atoms with van der Waals surface area (Å²) in [6.07, 6.45) is 0. The Hall–Kier alpha value is -1.40. The van der Waals surface area contributed by atoms with Gasteiger partial charge in [-0.3, -0.25) is 4.79 Å². The largest absolute Gasteiger partial charge is 0.309 e. The van der Waals surface area contributed by atoms with Gasteiger partial charge in [-0.15, -0.1) is 11.3 Å². The summed E-state index contributed by atoms with van der Waals surface area (Å²) in [4.78, 5) is 16.0. The van der Waals surface area contributed by atoms with Gasteiger partial charge in [-0.05, 0) is 30.0 Å². The number of imidazole rings is 1. The minimum Gasteiger partial charge on any atom is -0.309 e. The molecule has 2 heterocycles. The quantitative estimate of drug-likeness (QED) is 0.544. The first kappa shape index (κ1) is 20.3. The molecule has 3 rings (SSSR count). The molecule has 0 spiro atoms. The monoisotopic (exact) mass is 471 g/mol. The molecule has 0 bridgehead atoms. The lowest BCUT2D eigenvalue weighted by atomic mass is 10.3. The van der Waals surface area contributed by atoms with E-state index in [1.165, 1.54) is 4.57 Å². The third-order valence-corrected chi connectivity index (χ3v) is 7.11. The molecule has 0 aliphatic heterocycles. The number of carbonyl (C=O) groups is 1. The van der Waals surface area contributed by atoms with Crippen molar-refractivity contribution in [3.63, 3.8) is 0 Å². The molecule has 0 atom stereocenters. The number of sulfonamides is 1. The Morgan fingerprint density at radius 1 is 1.33 bits per heavy atom. The molecule has 3 aromatic rings. The van der Waals surface area contributed by atoms with Crippen LogP contribution in [0.2, 0.25) is 8.67 Å².